The molecule has 1 aromatic carbocycles. The van der Waals surface area contributed by atoms with Gasteiger partial charge >= 0.3 is 0 Å². The van der Waals surface area contributed by atoms with Gasteiger partial charge in [-0.2, -0.15) is 0 Å². The van der Waals surface area contributed by atoms with E-state index < -0.39 is 0 Å². The molecule has 2 rings (SSSR count). The molecule has 8 heteroatoms. The highest BCUT2D eigenvalue weighted by Crippen LogP contribution is 2.31. The van der Waals surface area contributed by atoms with Crippen LogP contribution in [0.5, 0.6) is 11.5 Å². The number of H-pyrrole nitrogens is 1. The number of hydrogen-bond acceptors (Lipinski definition) is 6. The summed E-state index contributed by atoms with van der Waals surface area (Å²) >= 11 is 0. The number of carbonyl (C=O) groups excluding carboxylic acids is 1. The first-order chi connectivity index (χ1) is 13.5. The van der Waals surface area contributed by atoms with Gasteiger partial charge in [-0.05, 0) is 31.5 Å². The standard InChI is InChI=1S/C20H26N4O4/c1-5-11-28-16-9-7-14(12-17(16)27-4)19-22-20(26)15(23-24-19)8-10-18(25)21-13(3)6-2/h5,7,9,12-13H,1,6,8,10-11H2,2-4H3,(H,21,25)(H,22,24,26)/t13-/m1/s1. The number of methoxy groups -OCH3 is 1. The van der Waals surface area contributed by atoms with Gasteiger partial charge in [0.15, 0.2) is 17.3 Å². The third-order valence-electron chi connectivity index (χ3n) is 4.17. The SMILES string of the molecule is C=CCOc1ccc(-c2nnc(CCC(=O)N[C@H](C)CC)c(=O)[nH]2)cc1OC. The first kappa shape index (κ1) is 21.1. The summed E-state index contributed by atoms with van der Waals surface area (Å²) in [5.74, 6) is 1.27. The number of rotatable bonds is 10. The summed E-state index contributed by atoms with van der Waals surface area (Å²) in [5.41, 5.74) is 0.488. The molecule has 0 radical (unpaired) electrons. The van der Waals surface area contributed by atoms with Crippen molar-refractivity contribution in [2.45, 2.75) is 39.2 Å². The van der Waals surface area contributed by atoms with Gasteiger partial charge in [-0.15, -0.1) is 10.2 Å². The third-order valence-corrected chi connectivity index (χ3v) is 4.17. The lowest BCUT2D eigenvalue weighted by atomic mass is 10.2. The van der Waals surface area contributed by atoms with Gasteiger partial charge in [0.2, 0.25) is 5.91 Å². The van der Waals surface area contributed by atoms with Crippen LogP contribution in [0.1, 0.15) is 32.4 Å². The topological polar surface area (TPSA) is 106 Å². The molecule has 1 heterocycles. The zero-order chi connectivity index (χ0) is 20.5. The smallest absolute Gasteiger partial charge is 0.273 e. The molecule has 0 fully saturated rings. The van der Waals surface area contributed by atoms with Crippen molar-refractivity contribution in [1.29, 1.82) is 0 Å². The van der Waals surface area contributed by atoms with E-state index >= 15 is 0 Å². The highest BCUT2D eigenvalue weighted by molar-refractivity contribution is 5.76. The number of amides is 1. The van der Waals surface area contributed by atoms with Gasteiger partial charge in [-0.25, -0.2) is 0 Å². The number of aromatic nitrogens is 3. The first-order valence-corrected chi connectivity index (χ1v) is 9.15. The van der Waals surface area contributed by atoms with Crippen LogP contribution >= 0.6 is 0 Å². The number of benzene rings is 1. The number of aromatic amines is 1. The summed E-state index contributed by atoms with van der Waals surface area (Å²) in [6, 6.07) is 5.29. The molecule has 1 amide bonds. The summed E-state index contributed by atoms with van der Waals surface area (Å²) in [7, 11) is 1.53. The Labute approximate surface area is 164 Å². The van der Waals surface area contributed by atoms with E-state index in [1.807, 2.05) is 13.8 Å². The second-order valence-electron chi connectivity index (χ2n) is 6.29. The molecule has 0 unspecified atom stereocenters. The van der Waals surface area contributed by atoms with Crippen LogP contribution in [0.15, 0.2) is 35.6 Å². The van der Waals surface area contributed by atoms with Crippen LogP contribution < -0.4 is 20.3 Å². The second-order valence-corrected chi connectivity index (χ2v) is 6.29. The van der Waals surface area contributed by atoms with Crippen molar-refractivity contribution >= 4 is 5.91 Å². The molecule has 0 bridgehead atoms. The molecule has 0 saturated carbocycles. The summed E-state index contributed by atoms with van der Waals surface area (Å²) < 4.78 is 10.8. The molecule has 0 saturated heterocycles. The van der Waals surface area contributed by atoms with E-state index in [0.29, 0.717) is 29.5 Å². The van der Waals surface area contributed by atoms with Gasteiger partial charge in [-0.1, -0.05) is 19.6 Å². The molecule has 2 N–H and O–H groups in total. The van der Waals surface area contributed by atoms with Crippen LogP contribution in [-0.2, 0) is 11.2 Å². The van der Waals surface area contributed by atoms with Gasteiger partial charge in [-0.3, -0.25) is 9.59 Å². The van der Waals surface area contributed by atoms with Gasteiger partial charge in [0.05, 0.1) is 7.11 Å². The first-order valence-electron chi connectivity index (χ1n) is 9.15. The molecule has 0 aliphatic heterocycles. The van der Waals surface area contributed by atoms with Crippen LogP contribution in [0.4, 0.5) is 0 Å². The molecule has 28 heavy (non-hydrogen) atoms. The Balaban J connectivity index is 2.12. The Morgan fingerprint density at radius 3 is 2.79 bits per heavy atom. The predicted octanol–water partition coefficient (Wildman–Crippen LogP) is 2.25. The lowest BCUT2D eigenvalue weighted by molar-refractivity contribution is -0.121. The van der Waals surface area contributed by atoms with Crippen molar-refractivity contribution in [1.82, 2.24) is 20.5 Å². The molecule has 150 valence electrons. The number of ether oxygens (including phenoxy) is 2. The van der Waals surface area contributed by atoms with E-state index in [1.165, 1.54) is 7.11 Å². The van der Waals surface area contributed by atoms with E-state index in [2.05, 4.69) is 27.1 Å². The van der Waals surface area contributed by atoms with Crippen LogP contribution in [0, 0.1) is 0 Å². The van der Waals surface area contributed by atoms with Crippen LogP contribution in [0.3, 0.4) is 0 Å². The Morgan fingerprint density at radius 2 is 2.14 bits per heavy atom. The molecule has 1 atom stereocenters. The average Bonchev–Trinajstić information content (AvgIpc) is 2.70. The molecule has 0 aliphatic carbocycles. The van der Waals surface area contributed by atoms with E-state index in [4.69, 9.17) is 9.47 Å². The van der Waals surface area contributed by atoms with E-state index in [-0.39, 0.29) is 36.0 Å². The minimum atomic E-state index is -0.368. The predicted molar refractivity (Wildman–Crippen MR) is 107 cm³/mol. The Bertz CT molecular complexity index is 879. The lowest BCUT2D eigenvalue weighted by Gasteiger charge is -2.11. The summed E-state index contributed by atoms with van der Waals surface area (Å²) in [5, 5.41) is 10.9. The quantitative estimate of drug-likeness (QED) is 0.607. The lowest BCUT2D eigenvalue weighted by Crippen LogP contribution is -2.32. The molecular weight excluding hydrogens is 360 g/mol. The maximum absolute atomic E-state index is 12.3. The highest BCUT2D eigenvalue weighted by atomic mass is 16.5. The number of hydrogen-bond donors (Lipinski definition) is 2. The van der Waals surface area contributed by atoms with Crippen LogP contribution in [0.25, 0.3) is 11.4 Å². The molecule has 1 aromatic heterocycles. The van der Waals surface area contributed by atoms with Crippen molar-refractivity contribution in [3.8, 4) is 22.9 Å². The van der Waals surface area contributed by atoms with Gasteiger partial charge in [0, 0.05) is 24.4 Å². The molecule has 0 aliphatic rings. The van der Waals surface area contributed by atoms with Crippen molar-refractivity contribution in [3.63, 3.8) is 0 Å². The minimum Gasteiger partial charge on any atom is -0.493 e. The number of carbonyl (C=O) groups is 1. The van der Waals surface area contributed by atoms with Gasteiger partial charge < -0.3 is 19.8 Å². The maximum Gasteiger partial charge on any atom is 0.273 e. The second kappa shape index (κ2) is 10.2. The summed E-state index contributed by atoms with van der Waals surface area (Å²) in [6.07, 6.45) is 2.90. The van der Waals surface area contributed by atoms with E-state index in [9.17, 15) is 9.59 Å². The molecule has 8 nitrogen and oxygen atoms in total. The van der Waals surface area contributed by atoms with Crippen molar-refractivity contribution in [2.24, 2.45) is 0 Å². The zero-order valence-electron chi connectivity index (χ0n) is 16.4. The highest BCUT2D eigenvalue weighted by Gasteiger charge is 2.12. The monoisotopic (exact) mass is 386 g/mol. The Kier molecular flexibility index (Phi) is 7.74. The fourth-order valence-corrected chi connectivity index (χ4v) is 2.42. The normalized spacial score (nSPS) is 11.5. The number of aryl methyl sites for hydroxylation is 1. The van der Waals surface area contributed by atoms with Crippen molar-refractivity contribution in [2.75, 3.05) is 13.7 Å². The Morgan fingerprint density at radius 1 is 1.36 bits per heavy atom. The largest absolute Gasteiger partial charge is 0.493 e. The molecular formula is C20H26N4O4. The van der Waals surface area contributed by atoms with Gasteiger partial charge in [0.1, 0.15) is 12.3 Å². The Hall–Kier alpha value is -3.16. The van der Waals surface area contributed by atoms with Crippen LogP contribution in [-0.4, -0.2) is 40.8 Å². The summed E-state index contributed by atoms with van der Waals surface area (Å²) in [4.78, 5) is 26.9. The third kappa shape index (κ3) is 5.67. The van der Waals surface area contributed by atoms with E-state index in [0.717, 1.165) is 6.42 Å². The fraction of sp³-hybridized carbons (Fsp3) is 0.400. The van der Waals surface area contributed by atoms with E-state index in [1.54, 1.807) is 24.3 Å². The van der Waals surface area contributed by atoms with Gasteiger partial charge in [0.25, 0.3) is 5.56 Å². The van der Waals surface area contributed by atoms with Crippen LogP contribution in [0.2, 0.25) is 0 Å². The number of nitrogens with one attached hydrogen (secondary N) is 2. The van der Waals surface area contributed by atoms with Crippen molar-refractivity contribution < 1.29 is 14.3 Å². The average molecular weight is 386 g/mol. The fourth-order valence-electron chi connectivity index (χ4n) is 2.42. The molecule has 2 aromatic rings. The summed E-state index contributed by atoms with van der Waals surface area (Å²) in [6.45, 7) is 7.89. The zero-order valence-corrected chi connectivity index (χ0v) is 16.4. The minimum absolute atomic E-state index is 0.104. The number of nitrogens with zero attached hydrogens (tertiary/aromatic N) is 2. The maximum atomic E-state index is 12.3. The van der Waals surface area contributed by atoms with Crippen molar-refractivity contribution in [3.05, 3.63) is 46.9 Å². The molecule has 0 spiro atoms.